The molecule has 0 saturated heterocycles. The van der Waals surface area contributed by atoms with E-state index >= 15 is 0 Å². The first-order valence-electron chi connectivity index (χ1n) is 31.2. The molecule has 6 radical (unpaired) electrons. The van der Waals surface area contributed by atoms with E-state index < -0.39 is 111 Å². The second kappa shape index (κ2) is 66.7. The average molecular weight is 1940 g/mol. The van der Waals surface area contributed by atoms with Crippen molar-refractivity contribution < 1.29 is 12.3 Å². The van der Waals surface area contributed by atoms with Gasteiger partial charge in [0.2, 0.25) is 0 Å². The summed E-state index contributed by atoms with van der Waals surface area (Å²) in [4.78, 5) is 21.1. The summed E-state index contributed by atoms with van der Waals surface area (Å²) >= 11 is -10.6. The minimum Gasteiger partial charge on any atom is -0.0715 e. The Balaban J connectivity index is -0.000000118. The Morgan fingerprint density at radius 3 is 0.701 bits per heavy atom. The SMILES string of the molecule is C=CC[N](CC=C)[Sn]([CH3])([CH3])[N](CC=C)CC=C.C=CC[N](CC=C)[Sn]([CH3])([CH3])[N](CC=C)CC=C.C=CC[O][Sn]([CH3])([CH3])[O]CC=C.C=C[CH2][Sn].C=C[CH2][Sn]([CH3])([CH3])[N]([Si](C)(C)C)[Si](C)(C)C.C=C[CH2][Sn]([CH3])([O]CC)[O]CC.C[Si](C)C.C[Si](C)C.C[Si](C)C. The molecule has 0 N–H and O–H groups in total. The number of nitrogens with zero attached hydrogens (tertiary/aromatic N) is 5. The number of hydrogen-bond acceptors (Lipinski definition) is 9. The Morgan fingerprint density at radius 1 is 0.356 bits per heavy atom. The summed E-state index contributed by atoms with van der Waals surface area (Å²) in [6.45, 7) is 98.7. The van der Waals surface area contributed by atoms with Crippen LogP contribution in [0.2, 0.25) is 156 Å². The summed E-state index contributed by atoms with van der Waals surface area (Å²) in [6.07, 6.45) is 25.3. The van der Waals surface area contributed by atoms with Gasteiger partial charge in [0, 0.05) is 26.4 Å². The Kier molecular flexibility index (Phi) is 82.7. The van der Waals surface area contributed by atoms with Gasteiger partial charge in [-0.05, 0) is 0 Å². The van der Waals surface area contributed by atoms with E-state index in [1.165, 1.54) is 8.87 Å². The maximum absolute atomic E-state index is 5.63. The summed E-state index contributed by atoms with van der Waals surface area (Å²) in [6, 6.07) is 0. The van der Waals surface area contributed by atoms with Crippen LogP contribution in [-0.4, -0.2) is 254 Å². The van der Waals surface area contributed by atoms with Crippen molar-refractivity contribution in [2.75, 3.05) is 78.8 Å². The second-order valence-corrected chi connectivity index (χ2v) is 105. The van der Waals surface area contributed by atoms with Crippen molar-refractivity contribution in [2.24, 2.45) is 0 Å². The van der Waals surface area contributed by atoms with Gasteiger partial charge < -0.3 is 0 Å². The topological polar surface area (TPSA) is 53.1 Å². The predicted molar refractivity (Wildman–Crippen MR) is 434 cm³/mol. The largest absolute Gasteiger partial charge is 0.0715 e. The van der Waals surface area contributed by atoms with E-state index in [0.717, 1.165) is 70.0 Å². The zero-order valence-electron chi connectivity index (χ0n) is 62.7. The monoisotopic (exact) mass is 1950 g/mol. The van der Waals surface area contributed by atoms with Crippen LogP contribution in [0.5, 0.6) is 0 Å². The fourth-order valence-corrected chi connectivity index (χ4v) is 79.7. The van der Waals surface area contributed by atoms with Crippen molar-refractivity contribution in [1.29, 1.82) is 0 Å². The molecule has 0 saturated carbocycles. The molecule has 0 unspecified atom stereocenters. The smallest absolute Gasteiger partial charge is 0.0379 e. The van der Waals surface area contributed by atoms with Gasteiger partial charge in [-0.3, -0.25) is 0 Å². The molecule has 0 rings (SSSR count). The molecule has 87 heavy (non-hydrogen) atoms. The normalized spacial score (nSPS) is 11.4. The third-order valence-corrected chi connectivity index (χ3v) is 80.2. The van der Waals surface area contributed by atoms with Gasteiger partial charge in [-0.15, -0.1) is 0 Å². The standard InChI is InChI=1S/C6H18NSi2.4C6H10N.2C3H5O.3C3H9Si.3C3H5.2C2H5O.9CH3.6Sn/c1-8(2,3)7-9(4,5)6;4*1-3-5-7-6-4-2;2*1-2-3-4;3*1-4(2)3;3*1-3-2;2*1-2-3;;;;;;;;;;;;;;;/h1-6H3;4*3-4H,1-2,5-6H2;2*2H,1,3H2;3*1-3H3;3*3H,1-2H2;2*2H2,1H3;9*1H3;;;;;;/q7*-1;;;;;;;2*-1;;;;;;;;;;;+1;4*+2. The van der Waals surface area contributed by atoms with Gasteiger partial charge in [0.05, 0.1) is 0 Å². The third kappa shape index (κ3) is 72.2. The van der Waals surface area contributed by atoms with Crippen LogP contribution in [0.3, 0.4) is 0 Å². The van der Waals surface area contributed by atoms with Gasteiger partial charge in [0.15, 0.2) is 0 Å². The van der Waals surface area contributed by atoms with Gasteiger partial charge in [-0.1, -0.05) is 58.9 Å². The quantitative estimate of drug-likeness (QED) is 0.0444. The zero-order valence-corrected chi connectivity index (χ0v) is 84.8. The molecule has 20 heteroatoms. The molecule has 0 amide bonds. The molecule has 0 aliphatic rings. The fourth-order valence-electron chi connectivity index (χ4n) is 8.59. The molecule has 9 nitrogen and oxygen atoms in total. The van der Waals surface area contributed by atoms with Gasteiger partial charge >= 0.3 is 515 Å². The summed E-state index contributed by atoms with van der Waals surface area (Å²) in [5.74, 6) is 0. The predicted octanol–water partition coefficient (Wildman–Crippen LogP) is 19.7. The van der Waals surface area contributed by atoms with E-state index in [0.29, 0.717) is 13.2 Å². The van der Waals surface area contributed by atoms with E-state index in [4.69, 9.17) is 12.3 Å². The van der Waals surface area contributed by atoms with E-state index in [9.17, 15) is 0 Å². The molecule has 0 fully saturated rings. The minimum absolute atomic E-state index is 0.120. The molecule has 0 aromatic carbocycles. The first-order chi connectivity index (χ1) is 39.9. The van der Waals surface area contributed by atoms with Gasteiger partial charge in [0.1, 0.15) is 0 Å². The Bertz CT molecular complexity index is 1560. The molecule has 0 aliphatic carbocycles. The van der Waals surface area contributed by atoms with Crippen molar-refractivity contribution in [3.8, 4) is 0 Å². The third-order valence-electron chi connectivity index (χ3n) is 11.1. The van der Waals surface area contributed by atoms with Crippen molar-refractivity contribution in [3.05, 3.63) is 165 Å². The molecule has 0 aromatic heterocycles. The maximum Gasteiger partial charge on any atom is 0.0379 e. The molecule has 0 bridgehead atoms. The van der Waals surface area contributed by atoms with Crippen LogP contribution in [-0.2, 0) is 12.3 Å². The van der Waals surface area contributed by atoms with E-state index in [1.54, 1.807) is 34.7 Å². The van der Waals surface area contributed by atoms with Crippen molar-refractivity contribution in [2.45, 2.75) is 170 Å². The Morgan fingerprint density at radius 2 is 0.563 bits per heavy atom. The summed E-state index contributed by atoms with van der Waals surface area (Å²) < 4.78 is 38.9. The molecular formula is C67H147N5O4Si5Sn6. The molecule has 0 spiro atoms. The summed E-state index contributed by atoms with van der Waals surface area (Å²) in [5.41, 5.74) is 0. The Hall–Kier alpha value is 2.14. The average Bonchev–Trinajstić information content (AvgIpc) is 3.36. The van der Waals surface area contributed by atoms with Crippen LogP contribution in [0, 0.1) is 0 Å². The van der Waals surface area contributed by atoms with Gasteiger partial charge in [-0.2, -0.15) is 0 Å². The fraction of sp³-hybridized carbons (Fsp3) is 0.612. The number of rotatable bonds is 38. The van der Waals surface area contributed by atoms with Crippen LogP contribution in [0.25, 0.3) is 0 Å². The van der Waals surface area contributed by atoms with Crippen LogP contribution in [0.4, 0.5) is 0 Å². The van der Waals surface area contributed by atoms with Crippen LogP contribution >= 0.6 is 0 Å². The van der Waals surface area contributed by atoms with E-state index in [-0.39, 0.29) is 26.4 Å². The molecule has 0 aromatic rings. The maximum atomic E-state index is 5.63. The first kappa shape index (κ1) is 108. The van der Waals surface area contributed by atoms with E-state index in [1.807, 2.05) is 74.6 Å². The van der Waals surface area contributed by atoms with Gasteiger partial charge in [0.25, 0.3) is 0 Å². The summed E-state index contributed by atoms with van der Waals surface area (Å²) in [7, 11) is -1.95. The molecule has 508 valence electrons. The number of allylic oxidation sites excluding steroid dienone is 3. The first-order valence-corrected chi connectivity index (χ1v) is 89.8. The number of hydrogen-bond donors (Lipinski definition) is 0. The van der Waals surface area contributed by atoms with Crippen LogP contribution in [0.1, 0.15) is 13.8 Å². The van der Waals surface area contributed by atoms with E-state index in [2.05, 4.69) is 249 Å². The van der Waals surface area contributed by atoms with Crippen LogP contribution in [0.15, 0.2) is 165 Å². The molecule has 0 atom stereocenters. The molecular weight excluding hydrogens is 1790 g/mol. The second-order valence-electron chi connectivity index (χ2n) is 26.0. The Labute approximate surface area is 592 Å². The van der Waals surface area contributed by atoms with Gasteiger partial charge in [-0.25, -0.2) is 0 Å². The zero-order chi connectivity index (χ0) is 70.7. The van der Waals surface area contributed by atoms with Crippen molar-refractivity contribution in [3.63, 3.8) is 0 Å². The molecule has 0 aliphatic heterocycles. The van der Waals surface area contributed by atoms with Crippen LogP contribution < -0.4 is 0 Å². The van der Waals surface area contributed by atoms with Crippen molar-refractivity contribution >= 4 is 160 Å². The minimum atomic E-state index is -2.58. The molecule has 0 heterocycles. The summed E-state index contributed by atoms with van der Waals surface area (Å²) in [5, 5.41) is 0. The van der Waals surface area contributed by atoms with Crippen molar-refractivity contribution in [1.82, 2.24) is 14.9 Å².